The highest BCUT2D eigenvalue weighted by Crippen LogP contribution is 2.57. The van der Waals surface area contributed by atoms with Gasteiger partial charge in [-0.05, 0) is 90.4 Å². The van der Waals surface area contributed by atoms with E-state index in [9.17, 15) is 9.90 Å². The topological polar surface area (TPSA) is 111 Å². The molecule has 0 radical (unpaired) electrons. The van der Waals surface area contributed by atoms with E-state index in [-0.39, 0.29) is 84.4 Å². The van der Waals surface area contributed by atoms with Crippen LogP contribution in [-0.2, 0) is 42.7 Å². The quantitative estimate of drug-likeness (QED) is 0.268. The van der Waals surface area contributed by atoms with Crippen molar-refractivity contribution in [2.45, 2.75) is 199 Å². The molecule has 0 saturated carbocycles. The average molecular weight is 723 g/mol. The summed E-state index contributed by atoms with van der Waals surface area (Å²) in [6.07, 6.45) is 7.12. The molecule has 7 unspecified atom stereocenters. The third kappa shape index (κ3) is 7.32. The Bertz CT molecular complexity index is 1230. The summed E-state index contributed by atoms with van der Waals surface area (Å²) in [6.45, 7) is 21.3. The summed E-state index contributed by atoms with van der Waals surface area (Å²) in [6, 6.07) is 0. The van der Waals surface area contributed by atoms with Gasteiger partial charge < -0.3 is 43.0 Å². The van der Waals surface area contributed by atoms with E-state index >= 15 is 0 Å². The Morgan fingerprint density at radius 2 is 1.55 bits per heavy atom. The van der Waals surface area contributed by atoms with Crippen molar-refractivity contribution < 1.29 is 47.8 Å². The van der Waals surface area contributed by atoms with Crippen molar-refractivity contribution in [3.05, 3.63) is 0 Å². The van der Waals surface area contributed by atoms with Crippen LogP contribution in [-0.4, -0.2) is 96.9 Å². The SMILES string of the molecule is COC(=O)[C@H](C)C1OC(CC2C[C@@H](OC)[C@@H](C)[C@]3(O2)O[C@](C)(C2CC[C@@](C)(C4OC(C5O[C@](C)(O)[C@@H](C)C[C@@H]5C)C[C@@H]4C)O2)C[C@H]3C)CC[C@@H]1C. The Hall–Kier alpha value is -0.850. The van der Waals surface area contributed by atoms with Crippen molar-refractivity contribution in [3.63, 3.8) is 0 Å². The number of rotatable bonds is 8. The van der Waals surface area contributed by atoms with E-state index in [1.807, 2.05) is 6.92 Å². The van der Waals surface area contributed by atoms with E-state index in [2.05, 4.69) is 55.4 Å². The van der Waals surface area contributed by atoms with Gasteiger partial charge in [0.15, 0.2) is 11.6 Å². The van der Waals surface area contributed by atoms with Crippen molar-refractivity contribution in [2.24, 2.45) is 41.4 Å². The Balaban J connectivity index is 1.13. The molecular formula is C41H70O10. The molecule has 1 N–H and O–H groups in total. The summed E-state index contributed by atoms with van der Waals surface area (Å²) in [5, 5.41) is 11.0. The van der Waals surface area contributed by atoms with Crippen molar-refractivity contribution in [3.8, 4) is 0 Å². The smallest absolute Gasteiger partial charge is 0.311 e. The number of methoxy groups -OCH3 is 2. The summed E-state index contributed by atoms with van der Waals surface area (Å²) in [4.78, 5) is 12.4. The van der Waals surface area contributed by atoms with E-state index in [0.29, 0.717) is 11.8 Å². The van der Waals surface area contributed by atoms with Crippen molar-refractivity contribution in [1.82, 2.24) is 0 Å². The fraction of sp³-hybridized carbons (Fsp3) is 0.976. The molecule has 6 aliphatic heterocycles. The van der Waals surface area contributed by atoms with Crippen LogP contribution in [0.2, 0.25) is 0 Å². The molecule has 0 aromatic carbocycles. The fourth-order valence-electron chi connectivity index (χ4n) is 11.3. The maximum atomic E-state index is 12.4. The van der Waals surface area contributed by atoms with E-state index in [1.165, 1.54) is 7.11 Å². The molecule has 0 amide bonds. The first-order valence-corrected chi connectivity index (χ1v) is 20.2. The van der Waals surface area contributed by atoms with E-state index in [0.717, 1.165) is 57.8 Å². The third-order valence-corrected chi connectivity index (χ3v) is 14.6. The molecule has 6 heterocycles. The third-order valence-electron chi connectivity index (χ3n) is 14.6. The summed E-state index contributed by atoms with van der Waals surface area (Å²) in [5.41, 5.74) is -0.998. The summed E-state index contributed by atoms with van der Waals surface area (Å²) < 4.78 is 52.5. The fourth-order valence-corrected chi connectivity index (χ4v) is 11.3. The minimum Gasteiger partial charge on any atom is -0.469 e. The van der Waals surface area contributed by atoms with Gasteiger partial charge >= 0.3 is 5.97 Å². The van der Waals surface area contributed by atoms with Crippen molar-refractivity contribution >= 4 is 5.97 Å². The van der Waals surface area contributed by atoms with Gasteiger partial charge in [-0.25, -0.2) is 0 Å². The van der Waals surface area contributed by atoms with Gasteiger partial charge in [0.1, 0.15) is 0 Å². The first kappa shape index (κ1) is 39.8. The van der Waals surface area contributed by atoms with Crippen LogP contribution >= 0.6 is 0 Å². The highest BCUT2D eigenvalue weighted by atomic mass is 16.7. The Kier molecular flexibility index (Phi) is 11.5. The molecular weight excluding hydrogens is 652 g/mol. The molecule has 0 aliphatic carbocycles. The first-order chi connectivity index (χ1) is 23.9. The zero-order valence-electron chi connectivity index (χ0n) is 33.6. The van der Waals surface area contributed by atoms with Crippen LogP contribution in [0.4, 0.5) is 0 Å². The van der Waals surface area contributed by atoms with Gasteiger partial charge in [-0.15, -0.1) is 0 Å². The maximum absolute atomic E-state index is 12.4. The van der Waals surface area contributed by atoms with Crippen LogP contribution in [0, 0.1) is 41.4 Å². The number of carbonyl (C=O) groups is 1. The molecule has 6 fully saturated rings. The van der Waals surface area contributed by atoms with Crippen LogP contribution < -0.4 is 0 Å². The standard InChI is InChI=1S/C41H70O10/c1-22-13-14-29(46-34(22)27(6)37(42)45-12)19-30-20-31(44-11)28(7)41(48-30)26(5)21-39(9,51-41)33-15-16-38(8,49-33)36-24(3)18-32(47-36)35-23(2)17-25(4)40(10,43)50-35/h22-36,43H,13-21H2,1-12H3/t22-,23-,24-,25-,26+,27+,28+,29?,30?,31+,32?,33?,34?,35?,36?,38-,39-,40-,41+/m0/s1. The molecule has 294 valence electrons. The van der Waals surface area contributed by atoms with Crippen LogP contribution in [0.3, 0.4) is 0 Å². The van der Waals surface area contributed by atoms with Gasteiger partial charge in [-0.2, -0.15) is 0 Å². The zero-order valence-corrected chi connectivity index (χ0v) is 33.6. The van der Waals surface area contributed by atoms with Crippen LogP contribution in [0.5, 0.6) is 0 Å². The number of carbonyl (C=O) groups excluding carboxylic acids is 1. The summed E-state index contributed by atoms with van der Waals surface area (Å²) in [5.74, 6) is -1.38. The molecule has 0 bridgehead atoms. The molecule has 51 heavy (non-hydrogen) atoms. The number of ether oxygens (including phenoxy) is 8. The Labute approximate surface area is 307 Å². The van der Waals surface area contributed by atoms with Crippen LogP contribution in [0.25, 0.3) is 0 Å². The van der Waals surface area contributed by atoms with Crippen LogP contribution in [0.1, 0.15) is 127 Å². The molecule has 6 saturated heterocycles. The lowest BCUT2D eigenvalue weighted by atomic mass is 9.78. The summed E-state index contributed by atoms with van der Waals surface area (Å²) >= 11 is 0. The monoisotopic (exact) mass is 722 g/mol. The normalized spacial score (nSPS) is 54.1. The van der Waals surface area contributed by atoms with Crippen LogP contribution in [0.15, 0.2) is 0 Å². The lowest BCUT2D eigenvalue weighted by molar-refractivity contribution is -0.352. The first-order valence-electron chi connectivity index (χ1n) is 20.2. The molecule has 0 aromatic rings. The Morgan fingerprint density at radius 3 is 2.24 bits per heavy atom. The second-order valence-electron chi connectivity index (χ2n) is 18.6. The zero-order chi connectivity index (χ0) is 37.3. The predicted octanol–water partition coefficient (Wildman–Crippen LogP) is 6.82. The lowest BCUT2D eigenvalue weighted by Crippen LogP contribution is -2.58. The molecule has 10 heteroatoms. The largest absolute Gasteiger partial charge is 0.469 e. The highest BCUT2D eigenvalue weighted by Gasteiger charge is 2.65. The minimum atomic E-state index is -1.14. The second-order valence-corrected chi connectivity index (χ2v) is 18.6. The average Bonchev–Trinajstić information content (AvgIpc) is 3.75. The molecule has 0 aromatic heterocycles. The number of aliphatic hydroxyl groups is 1. The van der Waals surface area contributed by atoms with E-state index in [4.69, 9.17) is 37.9 Å². The number of hydrogen-bond acceptors (Lipinski definition) is 10. The Morgan fingerprint density at radius 1 is 0.824 bits per heavy atom. The highest BCUT2D eigenvalue weighted by molar-refractivity contribution is 5.72. The van der Waals surface area contributed by atoms with Gasteiger partial charge in [-0.1, -0.05) is 41.5 Å². The van der Waals surface area contributed by atoms with Gasteiger partial charge in [0.25, 0.3) is 0 Å². The van der Waals surface area contributed by atoms with Crippen molar-refractivity contribution in [2.75, 3.05) is 14.2 Å². The number of hydrogen-bond donors (Lipinski definition) is 1. The lowest BCUT2D eigenvalue weighted by Gasteiger charge is -2.50. The van der Waals surface area contributed by atoms with Gasteiger partial charge in [0, 0.05) is 37.7 Å². The van der Waals surface area contributed by atoms with Gasteiger partial charge in [-0.3, -0.25) is 4.79 Å². The second kappa shape index (κ2) is 14.7. The van der Waals surface area contributed by atoms with E-state index < -0.39 is 22.8 Å². The van der Waals surface area contributed by atoms with Gasteiger partial charge in [0.05, 0.1) is 73.1 Å². The van der Waals surface area contributed by atoms with E-state index in [1.54, 1.807) is 14.0 Å². The molecule has 1 spiro atoms. The molecule has 19 atom stereocenters. The molecule has 6 aliphatic rings. The molecule has 6 rings (SSSR count). The predicted molar refractivity (Wildman–Crippen MR) is 192 cm³/mol. The van der Waals surface area contributed by atoms with Crippen molar-refractivity contribution in [1.29, 1.82) is 0 Å². The number of esters is 1. The van der Waals surface area contributed by atoms with Gasteiger partial charge in [0.2, 0.25) is 0 Å². The molecule has 10 nitrogen and oxygen atoms in total. The maximum Gasteiger partial charge on any atom is 0.311 e. The summed E-state index contributed by atoms with van der Waals surface area (Å²) in [7, 11) is 3.24. The minimum absolute atomic E-state index is 0.0121.